The van der Waals surface area contributed by atoms with Gasteiger partial charge in [-0.3, -0.25) is 4.79 Å². The number of carbonyl (C=O) groups excluding carboxylic acids is 1. The maximum absolute atomic E-state index is 10.6. The Morgan fingerprint density at radius 1 is 0.680 bits per heavy atom. The molecule has 0 aliphatic carbocycles. The van der Waals surface area contributed by atoms with Crippen LogP contribution in [-0.4, -0.2) is 11.3 Å². The molecule has 0 unspecified atom stereocenters. The van der Waals surface area contributed by atoms with E-state index in [1.54, 1.807) is 0 Å². The Hall–Kier alpha value is -1.05. The zero-order chi connectivity index (χ0) is 18.0. The van der Waals surface area contributed by atoms with Gasteiger partial charge in [-0.2, -0.15) is 0 Å². The van der Waals surface area contributed by atoms with Crippen molar-refractivity contribution in [3.63, 3.8) is 0 Å². The third-order valence-corrected chi connectivity index (χ3v) is 5.20. The van der Waals surface area contributed by atoms with Crippen molar-refractivity contribution in [2.75, 3.05) is 0 Å². The molecule has 0 radical (unpaired) electrons. The summed E-state index contributed by atoms with van der Waals surface area (Å²) in [5.74, 6) is 0. The number of carbonyl (C=O) groups is 1. The molecule has 0 spiro atoms. The maximum Gasteiger partial charge on any atom is 0.166 e. The summed E-state index contributed by atoms with van der Waals surface area (Å²) in [6, 6.07) is 3.91. The molecule has 1 aromatic heterocycles. The lowest BCUT2D eigenvalue weighted by Crippen LogP contribution is -1.88. The summed E-state index contributed by atoms with van der Waals surface area (Å²) in [5, 5.41) is 0. The van der Waals surface area contributed by atoms with Crippen molar-refractivity contribution in [1.82, 2.24) is 4.98 Å². The quantitative estimate of drug-likeness (QED) is 0.215. The number of aromatic nitrogens is 1. The molecular weight excluding hydrogens is 306 g/mol. The molecule has 0 aliphatic heterocycles. The molecule has 0 saturated heterocycles. The highest BCUT2D eigenvalue weighted by Gasteiger charge is 1.98. The fraction of sp³-hybridized carbons (Fsp3) is 0.783. The van der Waals surface area contributed by atoms with Crippen LogP contribution in [0.3, 0.4) is 0 Å². The zero-order valence-corrected chi connectivity index (χ0v) is 16.7. The molecular formula is C23H41NO. The number of hydrogen-bond acceptors (Lipinski definition) is 1. The first kappa shape index (κ1) is 22.0. The average Bonchev–Trinajstić information content (AvgIpc) is 3.09. The van der Waals surface area contributed by atoms with E-state index in [0.717, 1.165) is 12.7 Å². The van der Waals surface area contributed by atoms with E-state index in [1.165, 1.54) is 108 Å². The highest BCUT2D eigenvalue weighted by Crippen LogP contribution is 2.14. The molecule has 0 aliphatic rings. The number of aryl methyl sites for hydroxylation is 1. The highest BCUT2D eigenvalue weighted by atomic mass is 16.1. The lowest BCUT2D eigenvalue weighted by Gasteiger charge is -2.03. The topological polar surface area (TPSA) is 32.9 Å². The van der Waals surface area contributed by atoms with Gasteiger partial charge >= 0.3 is 0 Å². The van der Waals surface area contributed by atoms with Gasteiger partial charge < -0.3 is 4.98 Å². The second-order valence-corrected chi connectivity index (χ2v) is 7.61. The van der Waals surface area contributed by atoms with Crippen molar-refractivity contribution < 1.29 is 4.79 Å². The molecule has 0 amide bonds. The van der Waals surface area contributed by atoms with Gasteiger partial charge in [0.25, 0.3) is 0 Å². The molecule has 0 saturated carbocycles. The molecule has 1 aromatic rings. The van der Waals surface area contributed by atoms with Crippen LogP contribution in [0, 0.1) is 0 Å². The van der Waals surface area contributed by atoms with Crippen LogP contribution >= 0.6 is 0 Å². The molecule has 0 fully saturated rings. The van der Waals surface area contributed by atoms with E-state index in [1.807, 2.05) is 12.1 Å². The molecule has 0 bridgehead atoms. The van der Waals surface area contributed by atoms with Crippen LogP contribution in [0.4, 0.5) is 0 Å². The smallest absolute Gasteiger partial charge is 0.166 e. The van der Waals surface area contributed by atoms with Gasteiger partial charge in [0.2, 0.25) is 0 Å². The van der Waals surface area contributed by atoms with Crippen LogP contribution in [0.25, 0.3) is 0 Å². The molecule has 1 rings (SSSR count). The normalized spacial score (nSPS) is 11.1. The lowest BCUT2D eigenvalue weighted by molar-refractivity contribution is 0.111. The van der Waals surface area contributed by atoms with E-state index in [4.69, 9.17) is 0 Å². The van der Waals surface area contributed by atoms with Gasteiger partial charge in [0, 0.05) is 5.69 Å². The van der Waals surface area contributed by atoms with Gasteiger partial charge in [-0.25, -0.2) is 0 Å². The Balaban J connectivity index is 1.74. The minimum atomic E-state index is 0.700. The van der Waals surface area contributed by atoms with E-state index in [-0.39, 0.29) is 0 Å². The summed E-state index contributed by atoms with van der Waals surface area (Å²) >= 11 is 0. The van der Waals surface area contributed by atoms with Crippen LogP contribution < -0.4 is 0 Å². The van der Waals surface area contributed by atoms with E-state index in [9.17, 15) is 4.79 Å². The minimum absolute atomic E-state index is 0.700. The second kappa shape index (κ2) is 16.4. The van der Waals surface area contributed by atoms with Crippen LogP contribution in [0.15, 0.2) is 12.1 Å². The molecule has 2 nitrogen and oxygen atoms in total. The first-order valence-corrected chi connectivity index (χ1v) is 11.0. The standard InChI is InChI=1S/C23H41NO/c1-2-3-4-5-6-7-8-9-10-11-12-13-14-15-16-17-18-22-19-20-23(21-25)24-22/h19-21,24H,2-18H2,1H3. The summed E-state index contributed by atoms with van der Waals surface area (Å²) in [6.45, 7) is 2.29. The maximum atomic E-state index is 10.6. The van der Waals surface area contributed by atoms with Crippen LogP contribution in [0.1, 0.15) is 126 Å². The number of hydrogen-bond donors (Lipinski definition) is 1. The lowest BCUT2D eigenvalue weighted by atomic mass is 10.0. The number of unbranched alkanes of at least 4 members (excludes halogenated alkanes) is 15. The fourth-order valence-corrected chi connectivity index (χ4v) is 3.54. The van der Waals surface area contributed by atoms with E-state index in [0.29, 0.717) is 5.69 Å². The number of nitrogens with one attached hydrogen (secondary N) is 1. The van der Waals surface area contributed by atoms with Gasteiger partial charge in [0.05, 0.1) is 5.69 Å². The monoisotopic (exact) mass is 347 g/mol. The molecule has 1 heterocycles. The average molecular weight is 348 g/mol. The summed E-state index contributed by atoms with van der Waals surface area (Å²) in [5.41, 5.74) is 1.90. The molecule has 0 aromatic carbocycles. The van der Waals surface area contributed by atoms with Gasteiger partial charge in [0.15, 0.2) is 6.29 Å². The van der Waals surface area contributed by atoms with Crippen LogP contribution in [-0.2, 0) is 6.42 Å². The molecule has 25 heavy (non-hydrogen) atoms. The molecule has 1 N–H and O–H groups in total. The highest BCUT2D eigenvalue weighted by molar-refractivity contribution is 5.71. The van der Waals surface area contributed by atoms with Gasteiger partial charge in [0.1, 0.15) is 0 Å². The summed E-state index contributed by atoms with van der Waals surface area (Å²) in [7, 11) is 0. The third kappa shape index (κ3) is 12.9. The summed E-state index contributed by atoms with van der Waals surface area (Å²) in [4.78, 5) is 13.8. The fourth-order valence-electron chi connectivity index (χ4n) is 3.54. The first-order valence-electron chi connectivity index (χ1n) is 11.0. The Morgan fingerprint density at radius 2 is 1.12 bits per heavy atom. The Morgan fingerprint density at radius 3 is 1.52 bits per heavy atom. The van der Waals surface area contributed by atoms with Crippen molar-refractivity contribution in [2.24, 2.45) is 0 Å². The van der Waals surface area contributed by atoms with Crippen molar-refractivity contribution in [2.45, 2.75) is 116 Å². The van der Waals surface area contributed by atoms with E-state index < -0.39 is 0 Å². The number of aromatic amines is 1. The minimum Gasteiger partial charge on any atom is -0.356 e. The summed E-state index contributed by atoms with van der Waals surface area (Å²) in [6.07, 6.45) is 24.5. The molecule has 2 heteroatoms. The zero-order valence-electron chi connectivity index (χ0n) is 16.7. The van der Waals surface area contributed by atoms with Gasteiger partial charge in [-0.1, -0.05) is 103 Å². The predicted molar refractivity (Wildman–Crippen MR) is 109 cm³/mol. The molecule has 144 valence electrons. The Bertz CT molecular complexity index is 410. The number of H-pyrrole nitrogens is 1. The predicted octanol–water partition coefficient (Wildman–Crippen LogP) is 7.63. The van der Waals surface area contributed by atoms with Crippen molar-refractivity contribution in [3.05, 3.63) is 23.5 Å². The van der Waals surface area contributed by atoms with Crippen LogP contribution in [0.2, 0.25) is 0 Å². The third-order valence-electron chi connectivity index (χ3n) is 5.20. The summed E-state index contributed by atoms with van der Waals surface area (Å²) < 4.78 is 0. The van der Waals surface area contributed by atoms with Gasteiger partial charge in [-0.15, -0.1) is 0 Å². The second-order valence-electron chi connectivity index (χ2n) is 7.61. The van der Waals surface area contributed by atoms with Crippen molar-refractivity contribution in [3.8, 4) is 0 Å². The SMILES string of the molecule is CCCCCCCCCCCCCCCCCCc1ccc(C=O)[nH]1. The largest absolute Gasteiger partial charge is 0.356 e. The Labute approximate surface area is 156 Å². The molecule has 0 atom stereocenters. The van der Waals surface area contributed by atoms with Crippen LogP contribution in [0.5, 0.6) is 0 Å². The number of rotatable bonds is 18. The first-order chi connectivity index (χ1) is 12.4. The Kier molecular flexibility index (Phi) is 14.4. The van der Waals surface area contributed by atoms with Crippen molar-refractivity contribution in [1.29, 1.82) is 0 Å². The van der Waals surface area contributed by atoms with E-state index >= 15 is 0 Å². The van der Waals surface area contributed by atoms with Crippen molar-refractivity contribution >= 4 is 6.29 Å². The number of aldehydes is 1. The van der Waals surface area contributed by atoms with E-state index in [2.05, 4.69) is 11.9 Å². The van der Waals surface area contributed by atoms with Gasteiger partial charge in [-0.05, 0) is 25.0 Å².